The van der Waals surface area contributed by atoms with Gasteiger partial charge in [0.25, 0.3) is 5.91 Å². The summed E-state index contributed by atoms with van der Waals surface area (Å²) in [6.07, 6.45) is -0.151. The van der Waals surface area contributed by atoms with E-state index in [-0.39, 0.29) is 25.7 Å². The van der Waals surface area contributed by atoms with Crippen molar-refractivity contribution in [2.75, 3.05) is 33.0 Å². The van der Waals surface area contributed by atoms with Crippen LogP contribution in [0.25, 0.3) is 0 Å². The van der Waals surface area contributed by atoms with Crippen molar-refractivity contribution in [3.05, 3.63) is 65.7 Å². The SMILES string of the molecule is O=C(NCC(O)CO)[C@@]1(Cc2ccccc2)COC(c2ccc(OCCCO)cc2)=N1. The van der Waals surface area contributed by atoms with Gasteiger partial charge in [-0.3, -0.25) is 4.79 Å². The molecule has 0 saturated carbocycles. The monoisotopic (exact) mass is 428 g/mol. The van der Waals surface area contributed by atoms with Gasteiger partial charge < -0.3 is 30.1 Å². The van der Waals surface area contributed by atoms with Crippen LogP contribution >= 0.6 is 0 Å². The van der Waals surface area contributed by atoms with Crippen molar-refractivity contribution in [2.45, 2.75) is 24.5 Å². The van der Waals surface area contributed by atoms with Gasteiger partial charge in [0.15, 0.2) is 5.54 Å². The minimum absolute atomic E-state index is 0.0625. The Hall–Kier alpha value is -2.94. The summed E-state index contributed by atoms with van der Waals surface area (Å²) >= 11 is 0. The van der Waals surface area contributed by atoms with Crippen LogP contribution in [-0.4, -0.2) is 71.7 Å². The Balaban J connectivity index is 1.80. The lowest BCUT2D eigenvalue weighted by Gasteiger charge is -2.24. The highest BCUT2D eigenvalue weighted by Crippen LogP contribution is 2.27. The second kappa shape index (κ2) is 10.9. The minimum atomic E-state index is -1.18. The lowest BCUT2D eigenvalue weighted by atomic mass is 9.91. The van der Waals surface area contributed by atoms with Gasteiger partial charge in [-0.15, -0.1) is 0 Å². The summed E-state index contributed by atoms with van der Waals surface area (Å²) in [6, 6.07) is 16.7. The molecule has 166 valence electrons. The molecule has 8 heteroatoms. The number of benzene rings is 2. The van der Waals surface area contributed by atoms with E-state index in [4.69, 9.17) is 19.7 Å². The Morgan fingerprint density at radius 1 is 1.16 bits per heavy atom. The lowest BCUT2D eigenvalue weighted by molar-refractivity contribution is -0.127. The van der Waals surface area contributed by atoms with Gasteiger partial charge >= 0.3 is 0 Å². The molecule has 31 heavy (non-hydrogen) atoms. The number of nitrogens with zero attached hydrogens (tertiary/aromatic N) is 1. The van der Waals surface area contributed by atoms with Crippen molar-refractivity contribution in [3.63, 3.8) is 0 Å². The molecule has 1 aliphatic heterocycles. The Bertz CT molecular complexity index is 871. The Morgan fingerprint density at radius 2 is 1.90 bits per heavy atom. The van der Waals surface area contributed by atoms with Gasteiger partial charge in [-0.2, -0.15) is 0 Å². The third kappa shape index (κ3) is 6.04. The van der Waals surface area contributed by atoms with Crippen molar-refractivity contribution >= 4 is 11.8 Å². The number of aliphatic hydroxyl groups is 3. The molecule has 0 aliphatic carbocycles. The number of nitrogens with one attached hydrogen (secondary N) is 1. The van der Waals surface area contributed by atoms with Crippen LogP contribution in [0.5, 0.6) is 5.75 Å². The van der Waals surface area contributed by atoms with Crippen molar-refractivity contribution in [1.82, 2.24) is 5.32 Å². The van der Waals surface area contributed by atoms with E-state index in [1.54, 1.807) is 24.3 Å². The minimum Gasteiger partial charge on any atom is -0.494 e. The lowest BCUT2D eigenvalue weighted by Crippen LogP contribution is -2.50. The zero-order chi connectivity index (χ0) is 22.1. The first-order valence-electron chi connectivity index (χ1n) is 10.2. The quantitative estimate of drug-likeness (QED) is 0.391. The summed E-state index contributed by atoms with van der Waals surface area (Å²) in [5.41, 5.74) is 0.469. The van der Waals surface area contributed by atoms with Gasteiger partial charge in [-0.05, 0) is 29.8 Å². The normalized spacial score (nSPS) is 18.7. The summed E-state index contributed by atoms with van der Waals surface area (Å²) in [7, 11) is 0. The van der Waals surface area contributed by atoms with E-state index in [1.165, 1.54) is 0 Å². The molecule has 1 aliphatic rings. The highest BCUT2D eigenvalue weighted by Gasteiger charge is 2.44. The molecule has 2 atom stereocenters. The topological polar surface area (TPSA) is 121 Å². The van der Waals surface area contributed by atoms with Gasteiger partial charge in [0.05, 0.1) is 19.3 Å². The molecule has 8 nitrogen and oxygen atoms in total. The first kappa shape index (κ1) is 22.7. The first-order valence-corrected chi connectivity index (χ1v) is 10.2. The summed E-state index contributed by atoms with van der Waals surface area (Å²) in [5, 5.41) is 30.1. The molecule has 2 aromatic rings. The van der Waals surface area contributed by atoms with Crippen LogP contribution in [0.4, 0.5) is 0 Å². The van der Waals surface area contributed by atoms with E-state index in [1.807, 2.05) is 30.3 Å². The van der Waals surface area contributed by atoms with Crippen LogP contribution < -0.4 is 10.1 Å². The van der Waals surface area contributed by atoms with Crippen molar-refractivity contribution in [1.29, 1.82) is 0 Å². The third-order valence-electron chi connectivity index (χ3n) is 4.91. The predicted octanol–water partition coefficient (Wildman–Crippen LogP) is 0.675. The first-order chi connectivity index (χ1) is 15.1. The van der Waals surface area contributed by atoms with Gasteiger partial charge in [-0.25, -0.2) is 4.99 Å². The maximum atomic E-state index is 13.0. The molecule has 1 heterocycles. The number of carbonyl (C=O) groups excluding carboxylic acids is 1. The third-order valence-corrected chi connectivity index (χ3v) is 4.91. The van der Waals surface area contributed by atoms with E-state index < -0.39 is 18.2 Å². The van der Waals surface area contributed by atoms with Crippen LogP contribution in [0.2, 0.25) is 0 Å². The number of carbonyl (C=O) groups is 1. The summed E-state index contributed by atoms with van der Waals surface area (Å²) in [4.78, 5) is 17.7. The Labute approximate surface area is 181 Å². The molecule has 4 N–H and O–H groups in total. The number of ether oxygens (including phenoxy) is 2. The fraction of sp³-hybridized carbons (Fsp3) is 0.391. The Morgan fingerprint density at radius 3 is 2.58 bits per heavy atom. The maximum absolute atomic E-state index is 13.0. The smallest absolute Gasteiger partial charge is 0.252 e. The highest BCUT2D eigenvalue weighted by atomic mass is 16.5. The largest absolute Gasteiger partial charge is 0.494 e. The summed E-state index contributed by atoms with van der Waals surface area (Å²) in [5.74, 6) is 0.653. The highest BCUT2D eigenvalue weighted by molar-refractivity contribution is 6.00. The number of hydrogen-bond donors (Lipinski definition) is 4. The number of aliphatic imine (C=N–C) groups is 1. The van der Waals surface area contributed by atoms with Crippen molar-refractivity contribution in [2.24, 2.45) is 4.99 Å². The van der Waals surface area contributed by atoms with Crippen LogP contribution in [-0.2, 0) is 16.0 Å². The van der Waals surface area contributed by atoms with E-state index in [2.05, 4.69) is 10.3 Å². The number of rotatable bonds is 11. The predicted molar refractivity (Wildman–Crippen MR) is 115 cm³/mol. The number of amides is 1. The molecule has 3 rings (SSSR count). The van der Waals surface area contributed by atoms with Crippen LogP contribution in [0.1, 0.15) is 17.5 Å². The average Bonchev–Trinajstić information content (AvgIpc) is 3.23. The van der Waals surface area contributed by atoms with Crippen molar-refractivity contribution in [3.8, 4) is 5.75 Å². The molecular weight excluding hydrogens is 400 g/mol. The summed E-state index contributed by atoms with van der Waals surface area (Å²) in [6.45, 7) is 0.0459. The zero-order valence-electron chi connectivity index (χ0n) is 17.2. The molecule has 2 aromatic carbocycles. The van der Waals surface area contributed by atoms with Crippen LogP contribution in [0, 0.1) is 0 Å². The van der Waals surface area contributed by atoms with Gasteiger partial charge in [0.2, 0.25) is 5.90 Å². The molecule has 0 saturated heterocycles. The molecule has 1 amide bonds. The van der Waals surface area contributed by atoms with Crippen molar-refractivity contribution < 1.29 is 29.6 Å². The maximum Gasteiger partial charge on any atom is 0.252 e. The van der Waals surface area contributed by atoms with Crippen LogP contribution in [0.15, 0.2) is 59.6 Å². The molecule has 0 bridgehead atoms. The van der Waals surface area contributed by atoms with Gasteiger partial charge in [0, 0.05) is 31.6 Å². The molecule has 1 unspecified atom stereocenters. The standard InChI is InChI=1S/C23H28N2O6/c26-11-4-12-30-20-9-7-18(8-10-20)21-25-23(16-31-21,13-17-5-2-1-3-6-17)22(29)24-14-19(28)15-27/h1-3,5-10,19,26-28H,4,11-16H2,(H,24,29)/t19?,23-/m1/s1. The molecule has 0 aromatic heterocycles. The Kier molecular flexibility index (Phi) is 8.00. The second-order valence-corrected chi connectivity index (χ2v) is 7.40. The molecule has 0 spiro atoms. The molecular formula is C23H28N2O6. The van der Waals surface area contributed by atoms with Gasteiger partial charge in [-0.1, -0.05) is 30.3 Å². The zero-order valence-corrected chi connectivity index (χ0v) is 17.2. The molecule has 0 fully saturated rings. The fourth-order valence-corrected chi connectivity index (χ4v) is 3.20. The van der Waals surface area contributed by atoms with E-state index in [9.17, 15) is 9.90 Å². The second-order valence-electron chi connectivity index (χ2n) is 7.40. The molecule has 0 radical (unpaired) electrons. The average molecular weight is 428 g/mol. The number of aliphatic hydroxyl groups excluding tert-OH is 3. The summed E-state index contributed by atoms with van der Waals surface area (Å²) < 4.78 is 11.4. The van der Waals surface area contributed by atoms with Gasteiger partial charge in [0.1, 0.15) is 12.4 Å². The van der Waals surface area contributed by atoms with Crippen LogP contribution in [0.3, 0.4) is 0 Å². The fourth-order valence-electron chi connectivity index (χ4n) is 3.20. The van der Waals surface area contributed by atoms with E-state index in [0.29, 0.717) is 36.7 Å². The number of hydrogen-bond acceptors (Lipinski definition) is 7. The van der Waals surface area contributed by atoms with E-state index >= 15 is 0 Å². The van der Waals surface area contributed by atoms with E-state index in [0.717, 1.165) is 5.56 Å².